The van der Waals surface area contributed by atoms with Crippen LogP contribution in [0.25, 0.3) is 0 Å². The van der Waals surface area contributed by atoms with E-state index in [2.05, 4.69) is 10.3 Å². The van der Waals surface area contributed by atoms with Crippen LogP contribution in [0.15, 0.2) is 23.2 Å². The Morgan fingerprint density at radius 1 is 1.50 bits per heavy atom. The minimum atomic E-state index is -0.747. The van der Waals surface area contributed by atoms with Crippen molar-refractivity contribution in [3.05, 3.63) is 24.0 Å². The van der Waals surface area contributed by atoms with Crippen LogP contribution in [0.3, 0.4) is 0 Å². The molecule has 0 bridgehead atoms. The van der Waals surface area contributed by atoms with Crippen molar-refractivity contribution >= 4 is 34.9 Å². The van der Waals surface area contributed by atoms with E-state index in [1.165, 1.54) is 18.2 Å². The summed E-state index contributed by atoms with van der Waals surface area (Å²) in [7, 11) is 0. The van der Waals surface area contributed by atoms with E-state index >= 15 is 0 Å². The lowest BCUT2D eigenvalue weighted by molar-refractivity contribution is 0.0635. The number of hydrogen-bond acceptors (Lipinski definition) is 3. The molecule has 0 heterocycles. The molecule has 0 aliphatic heterocycles. The van der Waals surface area contributed by atoms with Gasteiger partial charge >= 0.3 is 6.09 Å². The van der Waals surface area contributed by atoms with Gasteiger partial charge in [0, 0.05) is 0 Å². The van der Waals surface area contributed by atoms with Gasteiger partial charge in [0.25, 0.3) is 0 Å². The van der Waals surface area contributed by atoms with Gasteiger partial charge in [-0.1, -0.05) is 0 Å². The Hall–Kier alpha value is -1.82. The number of nitrogens with one attached hydrogen (secondary N) is 1. The fraction of sp³-hybridized carbons (Fsp3) is 0.385. The summed E-state index contributed by atoms with van der Waals surface area (Å²) in [5.74, 6) is -0.340. The summed E-state index contributed by atoms with van der Waals surface area (Å²) in [5.41, 5.74) is 5.17. The highest BCUT2D eigenvalue weighted by Crippen LogP contribution is 2.22. The lowest BCUT2D eigenvalue weighted by atomic mass is 10.2. The number of halogens is 2. The molecule has 5 nitrogen and oxygen atoms in total. The first-order valence-corrected chi connectivity index (χ1v) is 6.43. The number of benzene rings is 1. The van der Waals surface area contributed by atoms with Crippen LogP contribution in [0, 0.1) is 5.82 Å². The van der Waals surface area contributed by atoms with Gasteiger partial charge in [-0.2, -0.15) is 0 Å². The van der Waals surface area contributed by atoms with Crippen LogP contribution in [0.5, 0.6) is 0 Å². The van der Waals surface area contributed by atoms with Crippen molar-refractivity contribution in [1.29, 1.82) is 0 Å². The van der Waals surface area contributed by atoms with Crippen LogP contribution < -0.4 is 11.1 Å². The third-order valence-electron chi connectivity index (χ3n) is 2.00. The standard InChI is InChI=1S/C13H17ClFN3O2/c1-13(2,3)20-12(19)18-10-6-8(4-5-9(10)15)17-11(16)7-14/h4-6H,7H2,1-3H3,(H2,16,17)(H,18,19). The second-order valence-corrected chi connectivity index (χ2v) is 5.30. The lowest BCUT2D eigenvalue weighted by Crippen LogP contribution is -2.27. The molecule has 0 unspecified atom stereocenters. The Balaban J connectivity index is 2.90. The summed E-state index contributed by atoms with van der Waals surface area (Å²) in [4.78, 5) is 15.6. The van der Waals surface area contributed by atoms with Gasteiger partial charge in [0.2, 0.25) is 0 Å². The molecule has 1 rings (SSSR count). The first kappa shape index (κ1) is 16.2. The van der Waals surface area contributed by atoms with Gasteiger partial charge in [0.15, 0.2) is 0 Å². The molecule has 0 fully saturated rings. The molecule has 0 atom stereocenters. The third-order valence-corrected chi connectivity index (χ3v) is 2.27. The fourth-order valence-corrected chi connectivity index (χ4v) is 1.35. The van der Waals surface area contributed by atoms with Crippen molar-refractivity contribution in [3.8, 4) is 0 Å². The molecule has 110 valence electrons. The van der Waals surface area contributed by atoms with Gasteiger partial charge in [-0.25, -0.2) is 14.2 Å². The average Bonchev–Trinajstić information content (AvgIpc) is 2.30. The summed E-state index contributed by atoms with van der Waals surface area (Å²) < 4.78 is 18.6. The molecule has 1 aromatic rings. The van der Waals surface area contributed by atoms with Gasteiger partial charge in [0.1, 0.15) is 17.3 Å². The van der Waals surface area contributed by atoms with Crippen LogP contribution in [0.2, 0.25) is 0 Å². The number of nitrogens with two attached hydrogens (primary N) is 1. The van der Waals surface area contributed by atoms with E-state index in [1.807, 2.05) is 0 Å². The molecule has 1 aromatic carbocycles. The highest BCUT2D eigenvalue weighted by molar-refractivity contribution is 6.28. The maximum Gasteiger partial charge on any atom is 0.412 e. The lowest BCUT2D eigenvalue weighted by Gasteiger charge is -2.19. The number of hydrogen-bond donors (Lipinski definition) is 2. The summed E-state index contributed by atoms with van der Waals surface area (Å²) in [6.07, 6.45) is -0.747. The van der Waals surface area contributed by atoms with Crippen molar-refractivity contribution in [2.75, 3.05) is 11.2 Å². The maximum absolute atomic E-state index is 13.6. The van der Waals surface area contributed by atoms with Crippen molar-refractivity contribution in [3.63, 3.8) is 0 Å². The third kappa shape index (κ3) is 5.44. The molecule has 0 saturated carbocycles. The number of aliphatic imine (C=N–C) groups is 1. The first-order chi connectivity index (χ1) is 9.21. The van der Waals surface area contributed by atoms with E-state index in [-0.39, 0.29) is 17.4 Å². The van der Waals surface area contributed by atoms with Crippen molar-refractivity contribution in [2.24, 2.45) is 10.7 Å². The van der Waals surface area contributed by atoms with E-state index in [4.69, 9.17) is 22.1 Å². The predicted octanol–water partition coefficient (Wildman–Crippen LogP) is 3.40. The zero-order valence-electron chi connectivity index (χ0n) is 11.5. The molecule has 0 saturated heterocycles. The Morgan fingerprint density at radius 3 is 2.70 bits per heavy atom. The number of carbonyl (C=O) groups is 1. The summed E-state index contributed by atoms with van der Waals surface area (Å²) in [6, 6.07) is 3.95. The van der Waals surface area contributed by atoms with Crippen LogP contribution in [0.1, 0.15) is 20.8 Å². The van der Waals surface area contributed by atoms with Gasteiger partial charge in [0.05, 0.1) is 17.3 Å². The minimum Gasteiger partial charge on any atom is -0.444 e. The summed E-state index contributed by atoms with van der Waals surface area (Å²) in [5, 5.41) is 2.32. The second kappa shape index (κ2) is 6.56. The Bertz CT molecular complexity index is 527. The number of amidine groups is 1. The molecule has 20 heavy (non-hydrogen) atoms. The summed E-state index contributed by atoms with van der Waals surface area (Å²) in [6.45, 7) is 5.14. The number of nitrogens with zero attached hydrogens (tertiary/aromatic N) is 1. The quantitative estimate of drug-likeness (QED) is 0.510. The number of rotatable bonds is 3. The van der Waals surface area contributed by atoms with Crippen molar-refractivity contribution in [1.82, 2.24) is 0 Å². The smallest absolute Gasteiger partial charge is 0.412 e. The van der Waals surface area contributed by atoms with Crippen molar-refractivity contribution < 1.29 is 13.9 Å². The monoisotopic (exact) mass is 301 g/mol. The summed E-state index contributed by atoms with van der Waals surface area (Å²) >= 11 is 5.51. The van der Waals surface area contributed by atoms with Crippen LogP contribution in [-0.4, -0.2) is 23.4 Å². The average molecular weight is 302 g/mol. The highest BCUT2D eigenvalue weighted by atomic mass is 35.5. The maximum atomic E-state index is 13.6. The van der Waals surface area contributed by atoms with E-state index in [1.54, 1.807) is 20.8 Å². The number of amides is 1. The Labute approximate surface area is 122 Å². The van der Waals surface area contributed by atoms with Crippen LogP contribution in [-0.2, 0) is 4.74 Å². The van der Waals surface area contributed by atoms with E-state index in [0.29, 0.717) is 5.69 Å². The predicted molar refractivity (Wildman–Crippen MR) is 78.3 cm³/mol. The number of ether oxygens (including phenoxy) is 1. The largest absolute Gasteiger partial charge is 0.444 e. The Morgan fingerprint density at radius 2 is 2.15 bits per heavy atom. The van der Waals surface area contributed by atoms with Gasteiger partial charge in [-0.3, -0.25) is 5.32 Å². The zero-order valence-corrected chi connectivity index (χ0v) is 12.3. The number of carbonyl (C=O) groups excluding carboxylic acids is 1. The molecular formula is C13H17ClFN3O2. The second-order valence-electron chi connectivity index (χ2n) is 5.03. The molecule has 0 radical (unpaired) electrons. The molecule has 7 heteroatoms. The molecule has 0 aromatic heterocycles. The van der Waals surface area contributed by atoms with Crippen LogP contribution in [0.4, 0.5) is 20.6 Å². The van der Waals surface area contributed by atoms with Gasteiger partial charge in [-0.15, -0.1) is 11.6 Å². The van der Waals surface area contributed by atoms with E-state index in [9.17, 15) is 9.18 Å². The van der Waals surface area contributed by atoms with Gasteiger partial charge < -0.3 is 10.5 Å². The molecular weight excluding hydrogens is 285 g/mol. The fourth-order valence-electron chi connectivity index (χ4n) is 1.29. The molecule has 0 aliphatic rings. The van der Waals surface area contributed by atoms with Crippen molar-refractivity contribution in [2.45, 2.75) is 26.4 Å². The topological polar surface area (TPSA) is 76.7 Å². The highest BCUT2D eigenvalue weighted by Gasteiger charge is 2.17. The Kier molecular flexibility index (Phi) is 5.33. The molecule has 1 amide bonds. The first-order valence-electron chi connectivity index (χ1n) is 5.90. The SMILES string of the molecule is CC(C)(C)OC(=O)Nc1cc(N=C(N)CCl)ccc1F. The number of alkyl halides is 1. The molecule has 0 aliphatic carbocycles. The zero-order chi connectivity index (χ0) is 15.3. The molecule has 3 N–H and O–H groups in total. The number of anilines is 1. The van der Waals surface area contributed by atoms with E-state index in [0.717, 1.165) is 0 Å². The molecule has 0 spiro atoms. The van der Waals surface area contributed by atoms with Gasteiger partial charge in [-0.05, 0) is 39.0 Å². The van der Waals surface area contributed by atoms with E-state index < -0.39 is 17.5 Å². The minimum absolute atomic E-state index is 0.0390. The normalized spacial score (nSPS) is 12.2. The van der Waals surface area contributed by atoms with Crippen LogP contribution >= 0.6 is 11.6 Å².